The van der Waals surface area contributed by atoms with Crippen molar-refractivity contribution in [1.29, 1.82) is 0 Å². The Balaban J connectivity index is 2.55. The van der Waals surface area contributed by atoms with Crippen molar-refractivity contribution in [1.82, 2.24) is 0 Å². The lowest BCUT2D eigenvalue weighted by Gasteiger charge is -2.41. The molecule has 2 rings (SSSR count). The lowest BCUT2D eigenvalue weighted by molar-refractivity contribution is -0.137. The van der Waals surface area contributed by atoms with Gasteiger partial charge in [0.2, 0.25) is 0 Å². The van der Waals surface area contributed by atoms with Crippen LogP contribution in [-0.2, 0) is 10.9 Å². The van der Waals surface area contributed by atoms with Crippen LogP contribution in [0.1, 0.15) is 61.5 Å². The fourth-order valence-electron chi connectivity index (χ4n) is 4.27. The van der Waals surface area contributed by atoms with Gasteiger partial charge in [-0.3, -0.25) is 0 Å². The molecular weight excluding hydrogens is 343 g/mol. The second-order valence-electron chi connectivity index (χ2n) is 7.51. The van der Waals surface area contributed by atoms with E-state index in [-0.39, 0.29) is 11.6 Å². The number of carbonyl (C=O) groups is 1. The molecule has 1 aromatic carbocycles. The molecule has 1 aromatic rings. The lowest BCUT2D eigenvalue weighted by atomic mass is 9.79. The van der Waals surface area contributed by atoms with Crippen LogP contribution < -0.4 is 4.90 Å². The largest absolute Gasteiger partial charge is 0.465 e. The summed E-state index contributed by atoms with van der Waals surface area (Å²) in [5, 5.41) is 0. The molecule has 0 saturated heterocycles. The third-order valence-electron chi connectivity index (χ3n) is 5.36. The minimum absolute atomic E-state index is 0.0207. The van der Waals surface area contributed by atoms with E-state index in [0.717, 1.165) is 25.3 Å². The van der Waals surface area contributed by atoms with E-state index in [0.29, 0.717) is 29.6 Å². The van der Waals surface area contributed by atoms with Crippen molar-refractivity contribution in [3.8, 4) is 0 Å². The molecule has 1 aliphatic rings. The smallest absolute Gasteiger partial charge is 0.416 e. The highest BCUT2D eigenvalue weighted by molar-refractivity contribution is 5.93. The van der Waals surface area contributed by atoms with Crippen molar-refractivity contribution >= 4 is 11.7 Å². The number of esters is 1. The van der Waals surface area contributed by atoms with E-state index in [9.17, 15) is 18.0 Å². The van der Waals surface area contributed by atoms with Crippen LogP contribution in [0.5, 0.6) is 0 Å². The first-order valence-electron chi connectivity index (χ1n) is 9.15. The molecule has 0 radical (unpaired) electrons. The van der Waals surface area contributed by atoms with Crippen LogP contribution in [0.15, 0.2) is 12.1 Å². The molecule has 6 heteroatoms. The van der Waals surface area contributed by atoms with Crippen LogP contribution in [0.2, 0.25) is 0 Å². The highest BCUT2D eigenvalue weighted by Crippen LogP contribution is 2.39. The fraction of sp³-hybridized carbons (Fsp3) is 0.650. The van der Waals surface area contributed by atoms with Crippen molar-refractivity contribution in [2.24, 2.45) is 11.8 Å². The summed E-state index contributed by atoms with van der Waals surface area (Å²) in [6.45, 7) is 8.61. The van der Waals surface area contributed by atoms with E-state index >= 15 is 0 Å². The van der Waals surface area contributed by atoms with Gasteiger partial charge in [-0.1, -0.05) is 13.8 Å². The maximum absolute atomic E-state index is 13.4. The zero-order chi connectivity index (χ0) is 19.6. The molecule has 26 heavy (non-hydrogen) atoms. The Morgan fingerprint density at radius 1 is 1.19 bits per heavy atom. The maximum atomic E-state index is 13.4. The first-order chi connectivity index (χ1) is 12.1. The molecule has 0 unspecified atom stereocenters. The van der Waals surface area contributed by atoms with Crippen LogP contribution in [0.3, 0.4) is 0 Å². The molecule has 0 amide bonds. The number of hydrogen-bond donors (Lipinski definition) is 0. The lowest BCUT2D eigenvalue weighted by Crippen LogP contribution is -2.41. The third kappa shape index (κ3) is 4.33. The number of benzene rings is 1. The van der Waals surface area contributed by atoms with Gasteiger partial charge in [-0.05, 0) is 62.6 Å². The van der Waals surface area contributed by atoms with Gasteiger partial charge < -0.3 is 9.64 Å². The van der Waals surface area contributed by atoms with E-state index in [1.54, 1.807) is 6.92 Å². The van der Waals surface area contributed by atoms with E-state index in [2.05, 4.69) is 13.8 Å². The van der Waals surface area contributed by atoms with Crippen molar-refractivity contribution in [3.05, 3.63) is 28.8 Å². The Kier molecular flexibility index (Phi) is 6.25. The fourth-order valence-corrected chi connectivity index (χ4v) is 4.27. The second-order valence-corrected chi connectivity index (χ2v) is 7.51. The van der Waals surface area contributed by atoms with Crippen molar-refractivity contribution in [2.45, 2.75) is 59.2 Å². The Bertz CT molecular complexity index is 647. The normalized spacial score (nSPS) is 23.6. The number of carbonyl (C=O) groups excluding carboxylic acids is 1. The molecule has 146 valence electrons. The van der Waals surface area contributed by atoms with Gasteiger partial charge >= 0.3 is 12.1 Å². The number of alkyl halides is 3. The van der Waals surface area contributed by atoms with Crippen LogP contribution in [0.4, 0.5) is 18.9 Å². The van der Waals surface area contributed by atoms with E-state index in [4.69, 9.17) is 4.74 Å². The molecule has 0 aromatic heterocycles. The molecule has 3 nitrogen and oxygen atoms in total. The van der Waals surface area contributed by atoms with Crippen LogP contribution in [0.25, 0.3) is 0 Å². The van der Waals surface area contributed by atoms with E-state index in [1.807, 2.05) is 11.8 Å². The maximum Gasteiger partial charge on any atom is 0.416 e. The number of methoxy groups -OCH3 is 1. The summed E-state index contributed by atoms with van der Waals surface area (Å²) in [4.78, 5) is 14.1. The number of halogens is 3. The molecule has 0 heterocycles. The summed E-state index contributed by atoms with van der Waals surface area (Å²) < 4.78 is 44.9. The summed E-state index contributed by atoms with van der Waals surface area (Å²) in [7, 11) is 1.18. The van der Waals surface area contributed by atoms with Gasteiger partial charge in [-0.2, -0.15) is 13.2 Å². The Morgan fingerprint density at radius 2 is 1.77 bits per heavy atom. The number of rotatable bonds is 4. The minimum Gasteiger partial charge on any atom is -0.465 e. The molecule has 1 aliphatic carbocycles. The zero-order valence-electron chi connectivity index (χ0n) is 16.1. The number of hydrogen-bond acceptors (Lipinski definition) is 3. The summed E-state index contributed by atoms with van der Waals surface area (Å²) in [6.07, 6.45) is -1.48. The first-order valence-corrected chi connectivity index (χ1v) is 9.15. The van der Waals surface area contributed by atoms with Gasteiger partial charge in [0.15, 0.2) is 0 Å². The summed E-state index contributed by atoms with van der Waals surface area (Å²) in [5.74, 6) is 0.323. The molecule has 1 saturated carbocycles. The van der Waals surface area contributed by atoms with Gasteiger partial charge in [0, 0.05) is 18.3 Å². The summed E-state index contributed by atoms with van der Waals surface area (Å²) >= 11 is 0. The van der Waals surface area contributed by atoms with E-state index < -0.39 is 17.7 Å². The molecule has 0 aliphatic heterocycles. The highest BCUT2D eigenvalue weighted by atomic mass is 19.4. The van der Waals surface area contributed by atoms with Crippen molar-refractivity contribution < 1.29 is 22.7 Å². The van der Waals surface area contributed by atoms with Crippen LogP contribution in [-0.4, -0.2) is 25.7 Å². The average Bonchev–Trinajstić information content (AvgIpc) is 2.54. The average molecular weight is 371 g/mol. The van der Waals surface area contributed by atoms with Gasteiger partial charge in [0.05, 0.1) is 18.2 Å². The molecule has 0 bridgehead atoms. The summed E-state index contributed by atoms with van der Waals surface area (Å²) in [6, 6.07) is 2.24. The van der Waals surface area contributed by atoms with Crippen molar-refractivity contribution in [3.63, 3.8) is 0 Å². The third-order valence-corrected chi connectivity index (χ3v) is 5.36. The highest BCUT2D eigenvalue weighted by Gasteiger charge is 2.35. The Hall–Kier alpha value is -1.72. The topological polar surface area (TPSA) is 29.5 Å². The molecule has 2 atom stereocenters. The van der Waals surface area contributed by atoms with E-state index in [1.165, 1.54) is 13.2 Å². The zero-order valence-corrected chi connectivity index (χ0v) is 16.1. The Morgan fingerprint density at radius 3 is 2.23 bits per heavy atom. The van der Waals surface area contributed by atoms with Gasteiger partial charge in [0.1, 0.15) is 0 Å². The van der Waals surface area contributed by atoms with Crippen molar-refractivity contribution in [2.75, 3.05) is 18.6 Å². The summed E-state index contributed by atoms with van der Waals surface area (Å²) in [5.41, 5.74) is 0.188. The molecule has 1 fully saturated rings. The standard InChI is InChI=1S/C20H28F3NO2/c1-6-24(16-8-12(2)7-13(3)9-16)18-11-15(20(21,22)23)10-17(14(18)4)19(25)26-5/h10-13,16H,6-9H2,1-5H3/t12-,13-/m0/s1. The van der Waals surface area contributed by atoms with Crippen LogP contribution >= 0.6 is 0 Å². The quantitative estimate of drug-likeness (QED) is 0.659. The van der Waals surface area contributed by atoms with Gasteiger partial charge in [-0.15, -0.1) is 0 Å². The molecule has 0 spiro atoms. The number of nitrogens with zero attached hydrogens (tertiary/aromatic N) is 1. The van der Waals surface area contributed by atoms with Crippen LogP contribution in [0, 0.1) is 18.8 Å². The second kappa shape index (κ2) is 7.89. The first kappa shape index (κ1) is 20.6. The molecular formula is C20H28F3NO2. The number of ether oxygens (including phenoxy) is 1. The minimum atomic E-state index is -4.52. The SMILES string of the molecule is CCN(c1cc(C(F)(F)F)cc(C(=O)OC)c1C)C1C[C@@H](C)C[C@H](C)C1. The number of anilines is 1. The predicted molar refractivity (Wildman–Crippen MR) is 96.5 cm³/mol. The predicted octanol–water partition coefficient (Wildman–Crippen LogP) is 5.45. The molecule has 0 N–H and O–H groups in total. The Labute approximate surface area is 153 Å². The monoisotopic (exact) mass is 371 g/mol. The van der Waals surface area contributed by atoms with Gasteiger partial charge in [0.25, 0.3) is 0 Å². The van der Waals surface area contributed by atoms with Gasteiger partial charge in [-0.25, -0.2) is 4.79 Å².